The molecule has 0 aliphatic carbocycles. The fourth-order valence-electron chi connectivity index (χ4n) is 3.50. The predicted octanol–water partition coefficient (Wildman–Crippen LogP) is -0.554. The molecule has 3 aliphatic heterocycles. The van der Waals surface area contributed by atoms with Crippen molar-refractivity contribution >= 4 is 11.8 Å². The minimum Gasteiger partial charge on any atom is -0.361 e. The summed E-state index contributed by atoms with van der Waals surface area (Å²) in [6.45, 7) is 4.00. The molecule has 3 rings (SSSR count). The molecule has 1 N–H and O–H groups in total. The molecule has 3 aliphatic rings. The second-order valence-corrected chi connectivity index (χ2v) is 6.26. The van der Waals surface area contributed by atoms with Gasteiger partial charge in [0.05, 0.1) is 13.1 Å². The van der Waals surface area contributed by atoms with E-state index in [4.69, 9.17) is 4.74 Å². The van der Waals surface area contributed by atoms with Crippen molar-refractivity contribution < 1.29 is 14.3 Å². The monoisotopic (exact) mass is 281 g/mol. The molecular weight excluding hydrogens is 258 g/mol. The number of hydrogen-bond acceptors (Lipinski definition) is 4. The van der Waals surface area contributed by atoms with E-state index in [2.05, 4.69) is 5.32 Å². The lowest BCUT2D eigenvalue weighted by Crippen LogP contribution is -2.55. The molecule has 0 aromatic carbocycles. The largest absolute Gasteiger partial charge is 0.361 e. The summed E-state index contributed by atoms with van der Waals surface area (Å²) < 4.78 is 5.78. The zero-order valence-electron chi connectivity index (χ0n) is 12.1. The SMILES string of the molecule is CN1C[C@@]2(CCN(C(=O)C3CCNCC3)C2)OCC1=O. The van der Waals surface area contributed by atoms with Gasteiger partial charge in [0.15, 0.2) is 0 Å². The summed E-state index contributed by atoms with van der Waals surface area (Å²) in [4.78, 5) is 27.7. The van der Waals surface area contributed by atoms with Crippen LogP contribution in [0.1, 0.15) is 19.3 Å². The topological polar surface area (TPSA) is 61.9 Å². The number of likely N-dealkylation sites (tertiary alicyclic amines) is 1. The minimum absolute atomic E-state index is 0.0266. The number of rotatable bonds is 1. The Kier molecular flexibility index (Phi) is 3.69. The molecule has 20 heavy (non-hydrogen) atoms. The van der Waals surface area contributed by atoms with Crippen molar-refractivity contribution in [1.82, 2.24) is 15.1 Å². The van der Waals surface area contributed by atoms with E-state index in [1.807, 2.05) is 11.9 Å². The first-order valence-electron chi connectivity index (χ1n) is 7.47. The van der Waals surface area contributed by atoms with Gasteiger partial charge in [-0.3, -0.25) is 9.59 Å². The standard InChI is InChI=1S/C14H23N3O3/c1-16-9-14(20-8-12(16)18)4-7-17(10-14)13(19)11-2-5-15-6-3-11/h11,15H,2-10H2,1H3/t14-/m1/s1. The maximum Gasteiger partial charge on any atom is 0.248 e. The Balaban J connectivity index is 1.61. The van der Waals surface area contributed by atoms with Gasteiger partial charge in [0.25, 0.3) is 0 Å². The lowest BCUT2D eigenvalue weighted by atomic mass is 9.96. The average molecular weight is 281 g/mol. The summed E-state index contributed by atoms with van der Waals surface area (Å²) in [6.07, 6.45) is 2.70. The molecule has 0 saturated carbocycles. The van der Waals surface area contributed by atoms with Crippen LogP contribution in [-0.2, 0) is 14.3 Å². The zero-order valence-corrected chi connectivity index (χ0v) is 12.1. The number of ether oxygens (including phenoxy) is 1. The summed E-state index contributed by atoms with van der Waals surface area (Å²) in [5.41, 5.74) is -0.328. The van der Waals surface area contributed by atoms with Crippen molar-refractivity contribution in [2.24, 2.45) is 5.92 Å². The molecule has 6 nitrogen and oxygen atoms in total. The van der Waals surface area contributed by atoms with Crippen LogP contribution < -0.4 is 5.32 Å². The molecule has 0 bridgehead atoms. The Morgan fingerprint density at radius 2 is 2.10 bits per heavy atom. The molecule has 0 aromatic rings. The highest BCUT2D eigenvalue weighted by Crippen LogP contribution is 2.30. The smallest absolute Gasteiger partial charge is 0.248 e. The lowest BCUT2D eigenvalue weighted by Gasteiger charge is -2.38. The normalized spacial score (nSPS) is 32.1. The van der Waals surface area contributed by atoms with Gasteiger partial charge in [-0.05, 0) is 32.4 Å². The molecule has 3 fully saturated rings. The molecule has 0 aromatic heterocycles. The quantitative estimate of drug-likeness (QED) is 0.700. The maximum atomic E-state index is 12.5. The highest BCUT2D eigenvalue weighted by molar-refractivity contribution is 5.80. The third-order valence-corrected chi connectivity index (χ3v) is 4.77. The lowest BCUT2D eigenvalue weighted by molar-refractivity contribution is -0.160. The van der Waals surface area contributed by atoms with Gasteiger partial charge in [-0.2, -0.15) is 0 Å². The van der Waals surface area contributed by atoms with Crippen molar-refractivity contribution in [2.45, 2.75) is 24.9 Å². The average Bonchev–Trinajstić information content (AvgIpc) is 2.88. The highest BCUT2D eigenvalue weighted by Gasteiger charge is 2.46. The van der Waals surface area contributed by atoms with Crippen LogP contribution in [0.4, 0.5) is 0 Å². The van der Waals surface area contributed by atoms with Gasteiger partial charge in [0, 0.05) is 19.5 Å². The third kappa shape index (κ3) is 2.54. The zero-order chi connectivity index (χ0) is 14.2. The summed E-state index contributed by atoms with van der Waals surface area (Å²) in [5, 5.41) is 3.29. The van der Waals surface area contributed by atoms with Crippen LogP contribution in [0.15, 0.2) is 0 Å². The number of nitrogens with zero attached hydrogens (tertiary/aromatic N) is 2. The molecule has 6 heteroatoms. The second-order valence-electron chi connectivity index (χ2n) is 6.26. The van der Waals surface area contributed by atoms with Crippen LogP contribution in [-0.4, -0.2) is 73.6 Å². The molecule has 112 valence electrons. The summed E-state index contributed by atoms with van der Waals surface area (Å²) in [7, 11) is 1.81. The van der Waals surface area contributed by atoms with Gasteiger partial charge in [-0.1, -0.05) is 0 Å². The number of hydrogen-bond donors (Lipinski definition) is 1. The molecule has 0 radical (unpaired) electrons. The van der Waals surface area contributed by atoms with E-state index in [9.17, 15) is 9.59 Å². The number of amides is 2. The van der Waals surface area contributed by atoms with E-state index in [1.54, 1.807) is 4.90 Å². The van der Waals surface area contributed by atoms with E-state index in [0.29, 0.717) is 13.1 Å². The molecule has 1 spiro atoms. The van der Waals surface area contributed by atoms with Crippen LogP contribution in [0.25, 0.3) is 0 Å². The van der Waals surface area contributed by atoms with Crippen molar-refractivity contribution in [3.8, 4) is 0 Å². The van der Waals surface area contributed by atoms with Gasteiger partial charge in [0.1, 0.15) is 12.2 Å². The predicted molar refractivity (Wildman–Crippen MR) is 73.1 cm³/mol. The van der Waals surface area contributed by atoms with Crippen molar-refractivity contribution in [3.63, 3.8) is 0 Å². The van der Waals surface area contributed by atoms with Gasteiger partial charge in [0.2, 0.25) is 11.8 Å². The minimum atomic E-state index is -0.328. The van der Waals surface area contributed by atoms with Crippen LogP contribution in [0.3, 0.4) is 0 Å². The fourth-order valence-corrected chi connectivity index (χ4v) is 3.50. The van der Waals surface area contributed by atoms with Crippen LogP contribution in [0.5, 0.6) is 0 Å². The number of carbonyl (C=O) groups excluding carboxylic acids is 2. The number of morpholine rings is 1. The van der Waals surface area contributed by atoms with Crippen molar-refractivity contribution in [1.29, 1.82) is 0 Å². The molecular formula is C14H23N3O3. The van der Waals surface area contributed by atoms with Gasteiger partial charge < -0.3 is 19.9 Å². The Bertz CT molecular complexity index is 408. The van der Waals surface area contributed by atoms with Crippen molar-refractivity contribution in [3.05, 3.63) is 0 Å². The van der Waals surface area contributed by atoms with Gasteiger partial charge >= 0.3 is 0 Å². The molecule has 0 unspecified atom stereocenters. The second kappa shape index (κ2) is 5.33. The Hall–Kier alpha value is -1.14. The molecule has 3 heterocycles. The van der Waals surface area contributed by atoms with E-state index in [0.717, 1.165) is 38.9 Å². The first-order chi connectivity index (χ1) is 9.60. The molecule has 1 atom stereocenters. The van der Waals surface area contributed by atoms with Gasteiger partial charge in [-0.25, -0.2) is 0 Å². The molecule has 3 saturated heterocycles. The Morgan fingerprint density at radius 1 is 1.35 bits per heavy atom. The Labute approximate surface area is 119 Å². The maximum absolute atomic E-state index is 12.5. The van der Waals surface area contributed by atoms with Crippen LogP contribution >= 0.6 is 0 Å². The highest BCUT2D eigenvalue weighted by atomic mass is 16.5. The van der Waals surface area contributed by atoms with E-state index < -0.39 is 0 Å². The van der Waals surface area contributed by atoms with E-state index in [-0.39, 0.29) is 29.9 Å². The van der Waals surface area contributed by atoms with E-state index in [1.165, 1.54) is 0 Å². The summed E-state index contributed by atoms with van der Waals surface area (Å²) in [6, 6.07) is 0. The third-order valence-electron chi connectivity index (χ3n) is 4.77. The number of piperidine rings is 1. The van der Waals surface area contributed by atoms with Crippen molar-refractivity contribution in [2.75, 3.05) is 46.4 Å². The molecule has 2 amide bonds. The van der Waals surface area contributed by atoms with E-state index >= 15 is 0 Å². The number of nitrogens with one attached hydrogen (secondary N) is 1. The summed E-state index contributed by atoms with van der Waals surface area (Å²) in [5.74, 6) is 0.458. The first-order valence-corrected chi connectivity index (χ1v) is 7.47. The Morgan fingerprint density at radius 3 is 2.80 bits per heavy atom. The summed E-state index contributed by atoms with van der Waals surface area (Å²) >= 11 is 0. The van der Waals surface area contributed by atoms with Crippen LogP contribution in [0, 0.1) is 5.92 Å². The van der Waals surface area contributed by atoms with Gasteiger partial charge in [-0.15, -0.1) is 0 Å². The number of likely N-dealkylation sites (N-methyl/N-ethyl adjacent to an activating group) is 1. The number of carbonyl (C=O) groups is 2. The fraction of sp³-hybridized carbons (Fsp3) is 0.857. The first kappa shape index (κ1) is 13.8. The van der Waals surface area contributed by atoms with Crippen LogP contribution in [0.2, 0.25) is 0 Å².